The zero-order valence-corrected chi connectivity index (χ0v) is 17.6. The summed E-state index contributed by atoms with van der Waals surface area (Å²) in [5.74, 6) is -0.598. The molecule has 2 aromatic rings. The number of hydrogen-bond acceptors (Lipinski definition) is 6. The van der Waals surface area contributed by atoms with Gasteiger partial charge in [-0.25, -0.2) is 8.42 Å². The molecule has 0 radical (unpaired) electrons. The molecule has 8 nitrogen and oxygen atoms in total. The maximum atomic E-state index is 13.1. The summed E-state index contributed by atoms with van der Waals surface area (Å²) < 4.78 is 79.5. The molecule has 0 amide bonds. The number of aryl methyl sites for hydroxylation is 1. The third-order valence-electron chi connectivity index (χ3n) is 5.60. The molecule has 0 saturated carbocycles. The van der Waals surface area contributed by atoms with E-state index < -0.39 is 28.1 Å². The number of benzene rings is 1. The summed E-state index contributed by atoms with van der Waals surface area (Å²) >= 11 is 0. The van der Waals surface area contributed by atoms with Crippen LogP contribution in [0.1, 0.15) is 17.5 Å². The van der Waals surface area contributed by atoms with E-state index in [4.69, 9.17) is 9.47 Å². The number of sulfonamides is 1. The molecule has 2 atom stereocenters. The molecule has 2 unspecified atom stereocenters. The van der Waals surface area contributed by atoms with Crippen LogP contribution in [-0.4, -0.2) is 60.3 Å². The van der Waals surface area contributed by atoms with Crippen LogP contribution in [0.5, 0.6) is 0 Å². The molecule has 2 aliphatic heterocycles. The topological polar surface area (TPSA) is 86.6 Å². The lowest BCUT2D eigenvalue weighted by Gasteiger charge is -2.31. The first kappa shape index (κ1) is 22.2. The normalized spacial score (nSPS) is 24.0. The van der Waals surface area contributed by atoms with E-state index in [2.05, 4.69) is 10.3 Å². The molecule has 0 aliphatic carbocycles. The molecule has 0 N–H and O–H groups in total. The van der Waals surface area contributed by atoms with Crippen LogP contribution in [0, 0.1) is 11.8 Å². The molecule has 170 valence electrons. The minimum Gasteiger partial charge on any atom is -0.352 e. The fraction of sp³-hybridized carbons (Fsp3) is 0.579. The third-order valence-corrected chi connectivity index (χ3v) is 7.29. The highest BCUT2D eigenvalue weighted by Crippen LogP contribution is 2.36. The van der Waals surface area contributed by atoms with Gasteiger partial charge in [-0.3, -0.25) is 4.68 Å². The number of aromatic nitrogens is 3. The lowest BCUT2D eigenvalue weighted by Crippen LogP contribution is -2.37. The summed E-state index contributed by atoms with van der Waals surface area (Å²) in [5, 5.41) is 7.23. The van der Waals surface area contributed by atoms with Crippen LogP contribution in [0.4, 0.5) is 13.2 Å². The van der Waals surface area contributed by atoms with Crippen molar-refractivity contribution in [1.29, 1.82) is 0 Å². The lowest BCUT2D eigenvalue weighted by atomic mass is 9.88. The quantitative estimate of drug-likeness (QED) is 0.679. The predicted molar refractivity (Wildman–Crippen MR) is 102 cm³/mol. The smallest absolute Gasteiger partial charge is 0.352 e. The Labute approximate surface area is 178 Å². The Bertz CT molecular complexity index is 1020. The molecule has 1 aromatic heterocycles. The molecule has 0 spiro atoms. The van der Waals surface area contributed by atoms with Gasteiger partial charge in [-0.15, -0.1) is 5.10 Å². The SMILES string of the molecule is Cn1cc(S(=O)(=O)N2CC(Cc3cccc(C(F)(F)F)c3)C(C3OCCCO3)C2)nn1. The Morgan fingerprint density at radius 3 is 2.58 bits per heavy atom. The van der Waals surface area contributed by atoms with Crippen molar-refractivity contribution in [2.45, 2.75) is 30.3 Å². The van der Waals surface area contributed by atoms with E-state index in [1.165, 1.54) is 21.3 Å². The summed E-state index contributed by atoms with van der Waals surface area (Å²) in [6, 6.07) is 5.12. The third kappa shape index (κ3) is 4.76. The van der Waals surface area contributed by atoms with Gasteiger partial charge >= 0.3 is 6.18 Å². The van der Waals surface area contributed by atoms with Gasteiger partial charge in [0.2, 0.25) is 5.03 Å². The van der Waals surface area contributed by atoms with Crippen molar-refractivity contribution in [2.75, 3.05) is 26.3 Å². The van der Waals surface area contributed by atoms with Gasteiger partial charge in [-0.1, -0.05) is 23.4 Å². The van der Waals surface area contributed by atoms with Crippen LogP contribution in [0.25, 0.3) is 0 Å². The fourth-order valence-corrected chi connectivity index (χ4v) is 5.53. The maximum Gasteiger partial charge on any atom is 0.416 e. The minimum atomic E-state index is -4.44. The Morgan fingerprint density at radius 2 is 1.94 bits per heavy atom. The van der Waals surface area contributed by atoms with Crippen molar-refractivity contribution < 1.29 is 31.1 Å². The Balaban J connectivity index is 1.59. The van der Waals surface area contributed by atoms with Gasteiger partial charge in [0.25, 0.3) is 10.0 Å². The molecule has 2 saturated heterocycles. The first-order valence-electron chi connectivity index (χ1n) is 9.90. The van der Waals surface area contributed by atoms with Gasteiger partial charge in [-0.2, -0.15) is 17.5 Å². The van der Waals surface area contributed by atoms with Crippen LogP contribution < -0.4 is 0 Å². The summed E-state index contributed by atoms with van der Waals surface area (Å²) in [5.41, 5.74) is -0.242. The average molecular weight is 460 g/mol. The predicted octanol–water partition coefficient (Wildman–Crippen LogP) is 2.08. The van der Waals surface area contributed by atoms with Crippen molar-refractivity contribution >= 4 is 10.0 Å². The maximum absolute atomic E-state index is 13.1. The summed E-state index contributed by atoms with van der Waals surface area (Å²) in [6.07, 6.45) is -2.72. The second-order valence-electron chi connectivity index (χ2n) is 7.84. The van der Waals surface area contributed by atoms with Gasteiger partial charge < -0.3 is 9.47 Å². The minimum absolute atomic E-state index is 0.128. The highest BCUT2D eigenvalue weighted by molar-refractivity contribution is 7.89. The standard InChI is InChI=1S/C19H23F3N4O4S/c1-25-12-17(23-24-25)31(27,28)26-10-14(16(11-26)18-29-6-3-7-30-18)8-13-4-2-5-15(9-13)19(20,21)22/h2,4-5,9,12,14,16,18H,3,6-8,10-11H2,1H3. The molecule has 2 aliphatic rings. The van der Waals surface area contributed by atoms with E-state index >= 15 is 0 Å². The molecule has 31 heavy (non-hydrogen) atoms. The molecule has 3 heterocycles. The van der Waals surface area contributed by atoms with Crippen LogP contribution in [0.3, 0.4) is 0 Å². The second-order valence-corrected chi connectivity index (χ2v) is 9.73. The number of nitrogens with zero attached hydrogens (tertiary/aromatic N) is 4. The van der Waals surface area contributed by atoms with Gasteiger partial charge in [0, 0.05) is 26.1 Å². The number of halogens is 3. The Kier molecular flexibility index (Phi) is 6.08. The van der Waals surface area contributed by atoms with Crippen LogP contribution in [-0.2, 0) is 39.1 Å². The van der Waals surface area contributed by atoms with E-state index in [-0.39, 0.29) is 36.4 Å². The number of ether oxygens (including phenoxy) is 2. The highest BCUT2D eigenvalue weighted by Gasteiger charge is 2.45. The van der Waals surface area contributed by atoms with Gasteiger partial charge in [0.15, 0.2) is 6.29 Å². The molecule has 1 aromatic carbocycles. The van der Waals surface area contributed by atoms with Crippen molar-refractivity contribution in [2.24, 2.45) is 18.9 Å². The summed E-state index contributed by atoms with van der Waals surface area (Å²) in [4.78, 5) is 0. The Morgan fingerprint density at radius 1 is 1.19 bits per heavy atom. The van der Waals surface area contributed by atoms with Crippen LogP contribution >= 0.6 is 0 Å². The van der Waals surface area contributed by atoms with E-state index in [1.807, 2.05) is 0 Å². The molecule has 12 heteroatoms. The van der Waals surface area contributed by atoms with Crippen LogP contribution in [0.2, 0.25) is 0 Å². The number of hydrogen-bond donors (Lipinski definition) is 0. The highest BCUT2D eigenvalue weighted by atomic mass is 32.2. The van der Waals surface area contributed by atoms with Gasteiger partial charge in [-0.05, 0) is 30.4 Å². The van der Waals surface area contributed by atoms with Crippen molar-refractivity contribution in [3.05, 3.63) is 41.6 Å². The number of rotatable bonds is 5. The monoisotopic (exact) mass is 460 g/mol. The second kappa shape index (κ2) is 8.49. The van der Waals surface area contributed by atoms with Crippen LogP contribution in [0.15, 0.2) is 35.5 Å². The van der Waals surface area contributed by atoms with E-state index in [0.29, 0.717) is 18.8 Å². The van der Waals surface area contributed by atoms with Crippen molar-refractivity contribution in [3.63, 3.8) is 0 Å². The first-order valence-corrected chi connectivity index (χ1v) is 11.3. The average Bonchev–Trinajstić information content (AvgIpc) is 3.36. The van der Waals surface area contributed by atoms with E-state index in [0.717, 1.165) is 18.6 Å². The molecular formula is C19H23F3N4O4S. The molecule has 0 bridgehead atoms. The number of alkyl halides is 3. The largest absolute Gasteiger partial charge is 0.416 e. The lowest BCUT2D eigenvalue weighted by molar-refractivity contribution is -0.208. The zero-order chi connectivity index (χ0) is 22.2. The van der Waals surface area contributed by atoms with Gasteiger partial charge in [0.1, 0.15) is 0 Å². The van der Waals surface area contributed by atoms with Gasteiger partial charge in [0.05, 0.1) is 25.0 Å². The first-order chi connectivity index (χ1) is 14.6. The zero-order valence-electron chi connectivity index (χ0n) is 16.8. The Hall–Kier alpha value is -2.02. The molecule has 4 rings (SSSR count). The van der Waals surface area contributed by atoms with E-state index in [9.17, 15) is 21.6 Å². The molecule has 2 fully saturated rings. The summed E-state index contributed by atoms with van der Waals surface area (Å²) in [6.45, 7) is 1.25. The fourth-order valence-electron chi connectivity index (χ4n) is 4.08. The molecular weight excluding hydrogens is 437 g/mol. The van der Waals surface area contributed by atoms with Crippen molar-refractivity contribution in [1.82, 2.24) is 19.3 Å². The summed E-state index contributed by atoms with van der Waals surface area (Å²) in [7, 11) is -2.33. The van der Waals surface area contributed by atoms with E-state index in [1.54, 1.807) is 13.1 Å². The van der Waals surface area contributed by atoms with Crippen molar-refractivity contribution in [3.8, 4) is 0 Å².